The van der Waals surface area contributed by atoms with Crippen molar-refractivity contribution in [2.75, 3.05) is 26.4 Å². The molecule has 0 bridgehead atoms. The van der Waals surface area contributed by atoms with Crippen molar-refractivity contribution in [2.24, 2.45) is 0 Å². The number of carbonyl (C=O) groups excluding carboxylic acids is 4. The molecule has 17 heteroatoms. The Kier molecular flexibility index (Phi) is 89.5. The molecule has 0 atom stereocenters. The molecule has 2 rings (SSSR count). The molecule has 0 unspecified atom stereocenters. The molecule has 0 heterocycles. The zero-order valence-corrected chi connectivity index (χ0v) is 84.7. The predicted molar refractivity (Wildman–Crippen MR) is 526 cm³/mol. The third-order valence-corrected chi connectivity index (χ3v) is 25.8. The van der Waals surface area contributed by atoms with Gasteiger partial charge in [0, 0.05) is 0 Å². The summed E-state index contributed by atoms with van der Waals surface area (Å²) >= 11 is 0. The molecule has 0 N–H and O–H groups in total. The molecule has 0 aliphatic rings. The van der Waals surface area contributed by atoms with E-state index in [2.05, 4.69) is 76.3 Å². The van der Waals surface area contributed by atoms with Crippen LogP contribution in [0, 0.1) is 0 Å². The fourth-order valence-electron chi connectivity index (χ4n) is 16.1. The van der Waals surface area contributed by atoms with Crippen molar-refractivity contribution in [3.63, 3.8) is 0 Å². The van der Waals surface area contributed by atoms with Crippen molar-refractivity contribution in [1.29, 1.82) is 0 Å². The van der Waals surface area contributed by atoms with Gasteiger partial charge >= 0.3 is 61.6 Å². The first-order chi connectivity index (χ1) is 60.6. The van der Waals surface area contributed by atoms with Crippen LogP contribution in [0.3, 0.4) is 0 Å². The molecule has 0 radical (unpaired) electrons. The molecule has 125 heavy (non-hydrogen) atoms. The van der Waals surface area contributed by atoms with E-state index in [1.54, 1.807) is 0 Å². The average Bonchev–Trinajstić information content (AvgIpc) is 0.795. The Morgan fingerprint density at radius 2 is 0.368 bits per heavy atom. The summed E-state index contributed by atoms with van der Waals surface area (Å²) in [5, 5.41) is 0. The Hall–Kier alpha value is -3.64. The smallest absolute Gasteiger partial charge is 0.744 e. The van der Waals surface area contributed by atoms with Crippen LogP contribution < -0.4 is 0 Å². The van der Waals surface area contributed by atoms with Crippen molar-refractivity contribution >= 4 is 81.9 Å². The molecule has 14 nitrogen and oxygen atoms in total. The van der Waals surface area contributed by atoms with Crippen LogP contribution in [-0.2, 0) is 39.2 Å². The van der Waals surface area contributed by atoms with E-state index in [0.717, 1.165) is 128 Å². The second kappa shape index (κ2) is 92.2. The Morgan fingerprint density at radius 1 is 0.224 bits per heavy atom. The molecular formula is C108H186CaO14S2. The number of allylic oxidation sites excluding steroid dienone is 8. The minimum absolute atomic E-state index is 0. The van der Waals surface area contributed by atoms with Crippen LogP contribution in [0.1, 0.15) is 557 Å². The topological polar surface area (TPSA) is 220 Å². The van der Waals surface area contributed by atoms with Crippen molar-refractivity contribution in [1.82, 2.24) is 0 Å². The van der Waals surface area contributed by atoms with Crippen molar-refractivity contribution in [3.8, 4) is 0 Å². The number of hydrogen-bond acceptors (Lipinski definition) is 14. The molecule has 0 aromatic heterocycles. The van der Waals surface area contributed by atoms with Crippen molar-refractivity contribution in [3.05, 3.63) is 107 Å². The quantitative estimate of drug-likeness (QED) is 0.0150. The molecule has 0 aliphatic heterocycles. The van der Waals surface area contributed by atoms with Gasteiger partial charge in [-0.05, 0) is 153 Å². The van der Waals surface area contributed by atoms with Gasteiger partial charge < -0.3 is 28.1 Å². The van der Waals surface area contributed by atoms with Gasteiger partial charge in [-0.2, -0.15) is 0 Å². The fourth-order valence-corrected chi connectivity index (χ4v) is 17.5. The van der Waals surface area contributed by atoms with Crippen LogP contribution >= 0.6 is 0 Å². The van der Waals surface area contributed by atoms with Gasteiger partial charge in [-0.1, -0.05) is 448 Å². The van der Waals surface area contributed by atoms with Crippen LogP contribution in [0.5, 0.6) is 0 Å². The zero-order chi connectivity index (χ0) is 90.1. The molecule has 0 fully saturated rings. The van der Waals surface area contributed by atoms with Gasteiger partial charge in [0.1, 0.15) is 20.2 Å². The standard InChI is InChI=1S/2C54H94O7S.Ca/c2*1-3-5-7-9-11-13-15-17-19-21-23-25-27-29-31-33-35-37-39-41-43-48-60-53(55)50-46-45-47-51(62(57,58)59)52(50)54(56)61-49-44-42-40-38-36-34-32-30-28-26-24-22-20-18-16-14-12-10-8-6-4-2;/h2*27-30,45-47H,3-26,31-44,48-49H2,1-2H3,(H,57,58,59);/q;;+2/p-2/b2*29-27+,30-28+;. The molecule has 0 spiro atoms. The second-order valence-electron chi connectivity index (χ2n) is 35.6. The minimum atomic E-state index is -5.02. The third-order valence-electron chi connectivity index (χ3n) is 24.0. The fraction of sp³-hybridized carbons (Fsp3) is 0.778. The van der Waals surface area contributed by atoms with Gasteiger partial charge in [-0.3, -0.25) is 0 Å². The van der Waals surface area contributed by atoms with Gasteiger partial charge in [0.05, 0.1) is 58.5 Å². The summed E-state index contributed by atoms with van der Waals surface area (Å²) in [6.07, 6.45) is 112. The summed E-state index contributed by atoms with van der Waals surface area (Å²) in [4.78, 5) is 50.6. The molecule has 0 amide bonds. The Labute approximate surface area is 798 Å². The maximum Gasteiger partial charge on any atom is 2.00 e. The maximum atomic E-state index is 13.1. The van der Waals surface area contributed by atoms with E-state index < -0.39 is 65.0 Å². The molecule has 2 aromatic rings. The van der Waals surface area contributed by atoms with E-state index in [0.29, 0.717) is 25.7 Å². The van der Waals surface area contributed by atoms with Crippen LogP contribution in [0.2, 0.25) is 0 Å². The van der Waals surface area contributed by atoms with Crippen LogP contribution in [-0.4, -0.2) is 114 Å². The number of ether oxygens (including phenoxy) is 4. The van der Waals surface area contributed by atoms with Crippen molar-refractivity contribution < 1.29 is 64.1 Å². The van der Waals surface area contributed by atoms with Gasteiger partial charge in [0.2, 0.25) is 0 Å². The molecular weight excluding hydrogens is 1630 g/mol. The Balaban J connectivity index is 0.00000244. The zero-order valence-electron chi connectivity index (χ0n) is 80.9. The van der Waals surface area contributed by atoms with E-state index in [-0.39, 0.29) is 75.3 Å². The number of hydrogen-bond donors (Lipinski definition) is 0. The van der Waals surface area contributed by atoms with Gasteiger partial charge in [-0.25, -0.2) is 36.0 Å². The molecule has 0 aliphatic carbocycles. The average molecular weight is 1810 g/mol. The van der Waals surface area contributed by atoms with Gasteiger partial charge in [0.25, 0.3) is 0 Å². The summed E-state index contributed by atoms with van der Waals surface area (Å²) in [5.74, 6) is -3.63. The van der Waals surface area contributed by atoms with E-state index in [9.17, 15) is 45.1 Å². The van der Waals surface area contributed by atoms with E-state index >= 15 is 0 Å². The Bertz CT molecular complexity index is 2950. The molecule has 716 valence electrons. The number of rotatable bonds is 90. The number of unbranched alkanes of at least 4 members (excludes halogenated alkanes) is 68. The summed E-state index contributed by atoms with van der Waals surface area (Å²) < 4.78 is 93.9. The van der Waals surface area contributed by atoms with Crippen LogP contribution in [0.25, 0.3) is 0 Å². The Morgan fingerprint density at radius 3 is 0.528 bits per heavy atom. The second-order valence-corrected chi connectivity index (χ2v) is 38.3. The van der Waals surface area contributed by atoms with Crippen molar-refractivity contribution in [2.45, 2.75) is 525 Å². The molecule has 0 saturated carbocycles. The monoisotopic (exact) mass is 1810 g/mol. The van der Waals surface area contributed by atoms with E-state index in [4.69, 9.17) is 18.9 Å². The maximum absolute atomic E-state index is 13.1. The molecule has 0 saturated heterocycles. The number of benzene rings is 2. The van der Waals surface area contributed by atoms with Gasteiger partial charge in [0.15, 0.2) is 0 Å². The predicted octanol–water partition coefficient (Wildman–Crippen LogP) is 33.4. The first-order valence-corrected chi connectivity index (χ1v) is 54.9. The summed E-state index contributed by atoms with van der Waals surface area (Å²) in [6, 6.07) is 7.27. The summed E-state index contributed by atoms with van der Waals surface area (Å²) in [7, 11) is -10.0. The minimum Gasteiger partial charge on any atom is -0.744 e. The van der Waals surface area contributed by atoms with E-state index in [1.807, 2.05) is 0 Å². The summed E-state index contributed by atoms with van der Waals surface area (Å²) in [6.45, 7) is 9.55. The van der Waals surface area contributed by atoms with Gasteiger partial charge in [-0.15, -0.1) is 0 Å². The summed E-state index contributed by atoms with van der Waals surface area (Å²) in [5.41, 5.74) is -1.57. The SMILES string of the molecule is CCCCCCCCCCCCC/C=C/CCCCCCCCOC(=O)c1cccc(S(=O)(=O)[O-])c1C(=O)OCCCCCCCC/C=C/CCCCCCCCCCCCC.CCCCCCCCCCCCC/C=C/CCCCCCCCOC(=O)c1cccc(S(=O)(=O)[O-])c1C(=O)OCCCCCCCC/C=C/CCCCCCCCCCCCC.[Ca+2]. The van der Waals surface area contributed by atoms with Crippen LogP contribution in [0.4, 0.5) is 0 Å². The van der Waals surface area contributed by atoms with Crippen LogP contribution in [0.15, 0.2) is 94.8 Å². The number of esters is 4. The first kappa shape index (κ1) is 121. The molecule has 2 aromatic carbocycles. The third kappa shape index (κ3) is 76.6. The first-order valence-electron chi connectivity index (χ1n) is 52.1. The van der Waals surface area contributed by atoms with E-state index in [1.165, 1.54) is 371 Å². The normalized spacial score (nSPS) is 11.8. The number of carbonyl (C=O) groups is 4. The largest absolute Gasteiger partial charge is 2.00 e.